The highest BCUT2D eigenvalue weighted by Crippen LogP contribution is 2.28. The van der Waals surface area contributed by atoms with Crippen LogP contribution in [0.2, 0.25) is 0 Å². The molecule has 28 heavy (non-hydrogen) atoms. The van der Waals surface area contributed by atoms with E-state index in [4.69, 9.17) is 0 Å². The van der Waals surface area contributed by atoms with Crippen molar-refractivity contribution in [3.8, 4) is 0 Å². The number of hydrogen-bond acceptors (Lipinski definition) is 6. The Morgan fingerprint density at radius 3 is 2.64 bits per heavy atom. The highest BCUT2D eigenvalue weighted by atomic mass is 16.5. The molecule has 1 saturated heterocycles. The molecule has 1 aromatic heterocycles. The maximum Gasteiger partial charge on any atom is 0.325 e. The van der Waals surface area contributed by atoms with Crippen molar-refractivity contribution in [2.45, 2.75) is 5.92 Å². The summed E-state index contributed by atoms with van der Waals surface area (Å²) in [5.41, 5.74) is 2.02. The molecule has 0 radical (unpaired) electrons. The van der Waals surface area contributed by atoms with E-state index in [1.54, 1.807) is 35.1 Å². The van der Waals surface area contributed by atoms with Crippen LogP contribution in [0.1, 0.15) is 21.8 Å². The lowest BCUT2D eigenvalue weighted by Gasteiger charge is -2.17. The first-order valence-electron chi connectivity index (χ1n) is 8.93. The minimum atomic E-state index is -0.523. The van der Waals surface area contributed by atoms with Crippen molar-refractivity contribution in [2.24, 2.45) is 13.0 Å². The van der Waals surface area contributed by atoms with Crippen LogP contribution in [0.4, 0.5) is 5.69 Å². The summed E-state index contributed by atoms with van der Waals surface area (Å²) in [4.78, 5) is 35.8. The van der Waals surface area contributed by atoms with Crippen molar-refractivity contribution in [1.82, 2.24) is 20.4 Å². The smallest absolute Gasteiger partial charge is 0.325 e. The molecular formula is C19H23N5O4. The number of carbonyl (C=O) groups is 3. The maximum absolute atomic E-state index is 12.7. The summed E-state index contributed by atoms with van der Waals surface area (Å²) in [5.74, 6) is -1.13. The molecule has 9 heteroatoms. The Morgan fingerprint density at radius 2 is 2.00 bits per heavy atom. The summed E-state index contributed by atoms with van der Waals surface area (Å²) in [6, 6.07) is 6.50. The van der Waals surface area contributed by atoms with Crippen LogP contribution in [0.5, 0.6) is 0 Å². The van der Waals surface area contributed by atoms with Gasteiger partial charge in [0.15, 0.2) is 0 Å². The van der Waals surface area contributed by atoms with Crippen LogP contribution in [0.25, 0.3) is 0 Å². The van der Waals surface area contributed by atoms with E-state index in [1.165, 1.54) is 7.11 Å². The molecule has 1 aliphatic heterocycles. The quantitative estimate of drug-likeness (QED) is 0.615. The number of esters is 1. The van der Waals surface area contributed by atoms with Gasteiger partial charge in [0.25, 0.3) is 5.91 Å². The zero-order valence-electron chi connectivity index (χ0n) is 15.8. The lowest BCUT2D eigenvalue weighted by Crippen LogP contribution is -2.30. The van der Waals surface area contributed by atoms with Crippen LogP contribution in [0.15, 0.2) is 36.7 Å². The molecule has 3 rings (SSSR count). The standard InChI is InChI=1S/C19H23N5O4/c1-24-11-13(7-22-24)15-8-20-9-16(15)19(27)23-14-5-3-12(4-6-14)18(26)21-10-17(25)28-2/h3-7,11,15-16,20H,8-10H2,1-2H3,(H,21,26)(H,23,27)/t15-,16+/m1/s1. The second-order valence-corrected chi connectivity index (χ2v) is 6.64. The first kappa shape index (κ1) is 19.6. The molecule has 0 bridgehead atoms. The van der Waals surface area contributed by atoms with Gasteiger partial charge in [0.05, 0.1) is 19.2 Å². The van der Waals surface area contributed by atoms with Crippen molar-refractivity contribution in [1.29, 1.82) is 0 Å². The molecule has 2 amide bonds. The molecule has 2 atom stereocenters. The van der Waals surface area contributed by atoms with Crippen LogP contribution < -0.4 is 16.0 Å². The maximum atomic E-state index is 12.7. The van der Waals surface area contributed by atoms with Crippen molar-refractivity contribution in [3.05, 3.63) is 47.8 Å². The molecule has 148 valence electrons. The zero-order valence-corrected chi connectivity index (χ0v) is 15.8. The van der Waals surface area contributed by atoms with Gasteiger partial charge in [-0.25, -0.2) is 0 Å². The molecule has 0 saturated carbocycles. The highest BCUT2D eigenvalue weighted by Gasteiger charge is 2.34. The summed E-state index contributed by atoms with van der Waals surface area (Å²) in [6.45, 7) is 1.13. The van der Waals surface area contributed by atoms with Gasteiger partial charge >= 0.3 is 5.97 Å². The fraction of sp³-hybridized carbons (Fsp3) is 0.368. The topological polar surface area (TPSA) is 114 Å². The molecule has 1 fully saturated rings. The van der Waals surface area contributed by atoms with E-state index in [1.807, 2.05) is 13.2 Å². The molecule has 2 aromatic rings. The number of benzene rings is 1. The third-order valence-electron chi connectivity index (χ3n) is 4.74. The number of rotatable bonds is 6. The molecule has 0 unspecified atom stereocenters. The Bertz CT molecular complexity index is 861. The molecular weight excluding hydrogens is 362 g/mol. The molecule has 2 heterocycles. The van der Waals surface area contributed by atoms with E-state index in [2.05, 4.69) is 25.8 Å². The molecule has 0 spiro atoms. The van der Waals surface area contributed by atoms with Gasteiger partial charge in [0.2, 0.25) is 5.91 Å². The second kappa shape index (κ2) is 8.66. The summed E-state index contributed by atoms with van der Waals surface area (Å²) in [7, 11) is 3.11. The molecule has 1 aliphatic rings. The van der Waals surface area contributed by atoms with E-state index >= 15 is 0 Å². The van der Waals surface area contributed by atoms with Crippen molar-refractivity contribution in [3.63, 3.8) is 0 Å². The zero-order chi connectivity index (χ0) is 20.1. The Labute approximate surface area is 162 Å². The minimum absolute atomic E-state index is 0.0667. The van der Waals surface area contributed by atoms with Crippen molar-refractivity contribution in [2.75, 3.05) is 32.1 Å². The summed E-state index contributed by atoms with van der Waals surface area (Å²) in [6.07, 6.45) is 3.72. The fourth-order valence-corrected chi connectivity index (χ4v) is 3.20. The number of ether oxygens (including phenoxy) is 1. The van der Waals surface area contributed by atoms with Crippen LogP contribution in [-0.4, -0.2) is 54.3 Å². The van der Waals surface area contributed by atoms with Gasteiger partial charge in [0.1, 0.15) is 6.54 Å². The Balaban J connectivity index is 1.59. The lowest BCUT2D eigenvalue weighted by atomic mass is 9.90. The fourth-order valence-electron chi connectivity index (χ4n) is 3.20. The predicted octanol–water partition coefficient (Wildman–Crippen LogP) is 0.265. The normalized spacial score (nSPS) is 18.5. The number of anilines is 1. The van der Waals surface area contributed by atoms with Gasteiger partial charge in [-0.2, -0.15) is 5.10 Å². The predicted molar refractivity (Wildman–Crippen MR) is 102 cm³/mol. The third-order valence-corrected chi connectivity index (χ3v) is 4.74. The average Bonchev–Trinajstić information content (AvgIpc) is 3.35. The van der Waals surface area contributed by atoms with Gasteiger partial charge in [-0.1, -0.05) is 0 Å². The van der Waals surface area contributed by atoms with Gasteiger partial charge in [0, 0.05) is 43.5 Å². The minimum Gasteiger partial charge on any atom is -0.468 e. The highest BCUT2D eigenvalue weighted by molar-refractivity contribution is 5.97. The Morgan fingerprint density at radius 1 is 1.25 bits per heavy atom. The first-order valence-corrected chi connectivity index (χ1v) is 8.93. The van der Waals surface area contributed by atoms with E-state index in [0.717, 1.165) is 12.1 Å². The van der Waals surface area contributed by atoms with Crippen LogP contribution in [0, 0.1) is 5.92 Å². The SMILES string of the molecule is COC(=O)CNC(=O)c1ccc(NC(=O)[C@H]2CNC[C@@H]2c2cnn(C)c2)cc1. The van der Waals surface area contributed by atoms with E-state index in [-0.39, 0.29) is 30.2 Å². The summed E-state index contributed by atoms with van der Waals surface area (Å²) < 4.78 is 6.21. The summed E-state index contributed by atoms with van der Waals surface area (Å²) >= 11 is 0. The number of aryl methyl sites for hydroxylation is 1. The van der Waals surface area contributed by atoms with Crippen LogP contribution >= 0.6 is 0 Å². The number of aromatic nitrogens is 2. The van der Waals surface area contributed by atoms with Crippen LogP contribution in [0.3, 0.4) is 0 Å². The van der Waals surface area contributed by atoms with Gasteiger partial charge in [-0.3, -0.25) is 19.1 Å². The van der Waals surface area contributed by atoms with E-state index in [9.17, 15) is 14.4 Å². The number of carbonyl (C=O) groups excluding carboxylic acids is 3. The van der Waals surface area contributed by atoms with E-state index in [0.29, 0.717) is 17.8 Å². The number of amides is 2. The monoisotopic (exact) mass is 385 g/mol. The lowest BCUT2D eigenvalue weighted by molar-refractivity contribution is -0.139. The number of hydrogen-bond donors (Lipinski definition) is 3. The second-order valence-electron chi connectivity index (χ2n) is 6.64. The largest absolute Gasteiger partial charge is 0.468 e. The van der Waals surface area contributed by atoms with E-state index < -0.39 is 5.97 Å². The molecule has 3 N–H and O–H groups in total. The number of nitrogens with one attached hydrogen (secondary N) is 3. The molecule has 1 aromatic carbocycles. The molecule has 0 aliphatic carbocycles. The average molecular weight is 385 g/mol. The van der Waals surface area contributed by atoms with Gasteiger partial charge in [-0.15, -0.1) is 0 Å². The summed E-state index contributed by atoms with van der Waals surface area (Å²) in [5, 5.41) is 12.8. The van der Waals surface area contributed by atoms with Crippen molar-refractivity contribution >= 4 is 23.5 Å². The van der Waals surface area contributed by atoms with Crippen LogP contribution in [-0.2, 0) is 21.4 Å². The Kier molecular flexibility index (Phi) is 6.05. The number of methoxy groups -OCH3 is 1. The molecule has 9 nitrogen and oxygen atoms in total. The Hall–Kier alpha value is -3.20. The number of nitrogens with zero attached hydrogens (tertiary/aromatic N) is 2. The third kappa shape index (κ3) is 4.55. The first-order chi connectivity index (χ1) is 13.5. The van der Waals surface area contributed by atoms with Crippen molar-refractivity contribution < 1.29 is 19.1 Å². The van der Waals surface area contributed by atoms with Gasteiger partial charge in [-0.05, 0) is 29.8 Å². The van der Waals surface area contributed by atoms with Gasteiger partial charge < -0.3 is 20.7 Å².